The van der Waals surface area contributed by atoms with E-state index in [1.54, 1.807) is 18.2 Å². The third-order valence-electron chi connectivity index (χ3n) is 2.90. The standard InChI is InChI=1S/C14H17N3O3S2/c1-9(2)13-16-17-14(21-13)15-12(18)8-10-6-4-5-7-11(10)22(3,19)20/h4-7,9H,8H2,1-3H3,(H,15,17,18). The molecule has 118 valence electrons. The molecule has 1 heterocycles. The van der Waals surface area contributed by atoms with Crippen molar-refractivity contribution < 1.29 is 13.2 Å². The number of hydrogen-bond donors (Lipinski definition) is 1. The molecule has 0 atom stereocenters. The highest BCUT2D eigenvalue weighted by Gasteiger charge is 2.16. The number of sulfone groups is 1. The average Bonchev–Trinajstić information content (AvgIpc) is 2.86. The SMILES string of the molecule is CC(C)c1nnc(NC(=O)Cc2ccccc2S(C)(=O)=O)s1. The van der Waals surface area contributed by atoms with Gasteiger partial charge in [0.1, 0.15) is 5.01 Å². The molecule has 0 saturated heterocycles. The molecule has 2 aromatic rings. The van der Waals surface area contributed by atoms with Gasteiger partial charge in [-0.05, 0) is 11.6 Å². The third kappa shape index (κ3) is 4.11. The molecule has 0 unspecified atom stereocenters. The van der Waals surface area contributed by atoms with Crippen LogP contribution < -0.4 is 5.32 Å². The second kappa shape index (κ2) is 6.53. The zero-order chi connectivity index (χ0) is 16.3. The topological polar surface area (TPSA) is 89.0 Å². The Hall–Kier alpha value is -1.80. The number of anilines is 1. The van der Waals surface area contributed by atoms with Crippen LogP contribution in [0.5, 0.6) is 0 Å². The fourth-order valence-corrected chi connectivity index (χ4v) is 3.57. The molecule has 6 nitrogen and oxygen atoms in total. The van der Waals surface area contributed by atoms with E-state index in [1.807, 2.05) is 13.8 Å². The molecule has 1 aromatic carbocycles. The lowest BCUT2D eigenvalue weighted by atomic mass is 10.1. The Morgan fingerprint density at radius 3 is 2.55 bits per heavy atom. The van der Waals surface area contributed by atoms with Gasteiger partial charge in [0.25, 0.3) is 0 Å². The highest BCUT2D eigenvalue weighted by molar-refractivity contribution is 7.90. The van der Waals surface area contributed by atoms with Crippen molar-refractivity contribution >= 4 is 32.2 Å². The molecule has 0 aliphatic heterocycles. The zero-order valence-corrected chi connectivity index (χ0v) is 14.2. The lowest BCUT2D eigenvalue weighted by Gasteiger charge is -2.07. The van der Waals surface area contributed by atoms with E-state index in [9.17, 15) is 13.2 Å². The molecule has 0 aliphatic carbocycles. The van der Waals surface area contributed by atoms with Crippen LogP contribution in [0.15, 0.2) is 29.2 Å². The van der Waals surface area contributed by atoms with E-state index in [0.717, 1.165) is 11.3 Å². The summed E-state index contributed by atoms with van der Waals surface area (Å²) in [5.41, 5.74) is 0.469. The number of nitrogens with one attached hydrogen (secondary N) is 1. The van der Waals surface area contributed by atoms with E-state index < -0.39 is 9.84 Å². The van der Waals surface area contributed by atoms with Crippen molar-refractivity contribution in [3.63, 3.8) is 0 Å². The first-order chi connectivity index (χ1) is 10.3. The minimum atomic E-state index is -3.36. The van der Waals surface area contributed by atoms with Gasteiger partial charge in [-0.25, -0.2) is 8.42 Å². The lowest BCUT2D eigenvalue weighted by molar-refractivity contribution is -0.115. The molecular weight excluding hydrogens is 322 g/mol. The fourth-order valence-electron chi connectivity index (χ4n) is 1.87. The minimum Gasteiger partial charge on any atom is -0.300 e. The van der Waals surface area contributed by atoms with Gasteiger partial charge in [0.05, 0.1) is 11.3 Å². The van der Waals surface area contributed by atoms with Crippen LogP contribution in [0.3, 0.4) is 0 Å². The predicted molar refractivity (Wildman–Crippen MR) is 85.9 cm³/mol. The van der Waals surface area contributed by atoms with Gasteiger partial charge in [-0.15, -0.1) is 10.2 Å². The summed E-state index contributed by atoms with van der Waals surface area (Å²) in [6.07, 6.45) is 1.10. The molecule has 8 heteroatoms. The molecule has 0 fully saturated rings. The van der Waals surface area contributed by atoms with Gasteiger partial charge in [-0.3, -0.25) is 4.79 Å². The predicted octanol–water partition coefficient (Wildman–Crippen LogP) is 2.25. The quantitative estimate of drug-likeness (QED) is 0.902. The van der Waals surface area contributed by atoms with Gasteiger partial charge in [0.2, 0.25) is 11.0 Å². The van der Waals surface area contributed by atoms with Crippen LogP contribution in [-0.2, 0) is 21.1 Å². The van der Waals surface area contributed by atoms with Crippen LogP contribution in [0.1, 0.15) is 30.3 Å². The summed E-state index contributed by atoms with van der Waals surface area (Å²) < 4.78 is 23.4. The van der Waals surface area contributed by atoms with Crippen LogP contribution in [0.25, 0.3) is 0 Å². The van der Waals surface area contributed by atoms with Crippen molar-refractivity contribution in [1.29, 1.82) is 0 Å². The summed E-state index contributed by atoms with van der Waals surface area (Å²) in [6, 6.07) is 6.48. The maximum atomic E-state index is 12.1. The van der Waals surface area contributed by atoms with Crippen molar-refractivity contribution in [1.82, 2.24) is 10.2 Å². The summed E-state index contributed by atoms with van der Waals surface area (Å²) in [4.78, 5) is 12.2. The van der Waals surface area contributed by atoms with Crippen molar-refractivity contribution in [2.45, 2.75) is 31.1 Å². The van der Waals surface area contributed by atoms with Gasteiger partial charge in [0.15, 0.2) is 9.84 Å². The Morgan fingerprint density at radius 2 is 1.95 bits per heavy atom. The van der Waals surface area contributed by atoms with Gasteiger partial charge in [-0.1, -0.05) is 43.4 Å². The second-order valence-corrected chi connectivity index (χ2v) is 8.20. The highest BCUT2D eigenvalue weighted by Crippen LogP contribution is 2.23. The molecule has 0 bridgehead atoms. The van der Waals surface area contributed by atoms with Crippen molar-refractivity contribution in [2.75, 3.05) is 11.6 Å². The third-order valence-corrected chi connectivity index (χ3v) is 5.24. The summed E-state index contributed by atoms with van der Waals surface area (Å²) in [5, 5.41) is 11.8. The molecule has 22 heavy (non-hydrogen) atoms. The molecule has 1 N–H and O–H groups in total. The number of nitrogens with zero attached hydrogens (tertiary/aromatic N) is 2. The van der Waals surface area contributed by atoms with Gasteiger partial charge in [0, 0.05) is 12.2 Å². The average molecular weight is 339 g/mol. The van der Waals surface area contributed by atoms with E-state index >= 15 is 0 Å². The van der Waals surface area contributed by atoms with E-state index in [4.69, 9.17) is 0 Å². The fraction of sp³-hybridized carbons (Fsp3) is 0.357. The first kappa shape index (κ1) is 16.6. The first-order valence-corrected chi connectivity index (χ1v) is 9.39. The molecule has 0 spiro atoms. The summed E-state index contributed by atoms with van der Waals surface area (Å²) >= 11 is 1.32. The molecule has 0 radical (unpaired) electrons. The Morgan fingerprint density at radius 1 is 1.27 bits per heavy atom. The first-order valence-electron chi connectivity index (χ1n) is 6.68. The summed E-state index contributed by atoms with van der Waals surface area (Å²) in [6.45, 7) is 3.99. The monoisotopic (exact) mass is 339 g/mol. The van der Waals surface area contributed by atoms with E-state index in [1.165, 1.54) is 17.4 Å². The Labute approximate surface area is 133 Å². The largest absolute Gasteiger partial charge is 0.300 e. The summed E-state index contributed by atoms with van der Waals surface area (Å²) in [7, 11) is -3.36. The number of hydrogen-bond acceptors (Lipinski definition) is 6. The normalized spacial score (nSPS) is 11.6. The molecule has 0 aliphatic rings. The molecule has 1 amide bonds. The van der Waals surface area contributed by atoms with Crippen LogP contribution in [0, 0.1) is 0 Å². The van der Waals surface area contributed by atoms with Crippen LogP contribution in [0.4, 0.5) is 5.13 Å². The number of amides is 1. The van der Waals surface area contributed by atoms with Crippen molar-refractivity contribution in [2.24, 2.45) is 0 Å². The maximum Gasteiger partial charge on any atom is 0.230 e. The second-order valence-electron chi connectivity index (χ2n) is 5.20. The van der Waals surface area contributed by atoms with Gasteiger partial charge >= 0.3 is 0 Å². The maximum absolute atomic E-state index is 12.1. The Bertz CT molecular complexity index is 782. The number of carbonyl (C=O) groups excluding carboxylic acids is 1. The zero-order valence-electron chi connectivity index (χ0n) is 12.5. The molecular formula is C14H17N3O3S2. The smallest absolute Gasteiger partial charge is 0.230 e. The van der Waals surface area contributed by atoms with Crippen molar-refractivity contribution in [3.8, 4) is 0 Å². The van der Waals surface area contributed by atoms with Crippen LogP contribution in [-0.4, -0.2) is 30.8 Å². The van der Waals surface area contributed by atoms with E-state index in [2.05, 4.69) is 15.5 Å². The number of benzene rings is 1. The van der Waals surface area contributed by atoms with Gasteiger partial charge in [-0.2, -0.15) is 0 Å². The summed E-state index contributed by atoms with van der Waals surface area (Å²) in [5.74, 6) is -0.0725. The number of carbonyl (C=O) groups is 1. The number of aromatic nitrogens is 2. The van der Waals surface area contributed by atoms with Crippen molar-refractivity contribution in [3.05, 3.63) is 34.8 Å². The van der Waals surface area contributed by atoms with Crippen LogP contribution >= 0.6 is 11.3 Å². The van der Waals surface area contributed by atoms with E-state index in [0.29, 0.717) is 10.7 Å². The van der Waals surface area contributed by atoms with E-state index in [-0.39, 0.29) is 23.1 Å². The molecule has 0 saturated carbocycles. The number of rotatable bonds is 5. The molecule has 1 aromatic heterocycles. The van der Waals surface area contributed by atoms with Crippen LogP contribution in [0.2, 0.25) is 0 Å². The Kier molecular flexibility index (Phi) is 4.92. The molecule has 2 rings (SSSR count). The Balaban J connectivity index is 2.13. The highest BCUT2D eigenvalue weighted by atomic mass is 32.2. The van der Waals surface area contributed by atoms with Gasteiger partial charge < -0.3 is 5.32 Å². The minimum absolute atomic E-state index is 0.0279. The lowest BCUT2D eigenvalue weighted by Crippen LogP contribution is -2.16.